The van der Waals surface area contributed by atoms with Gasteiger partial charge in [0.25, 0.3) is 0 Å². The minimum atomic E-state index is -6.58. The van der Waals surface area contributed by atoms with Gasteiger partial charge in [-0.1, -0.05) is 73.8 Å². The van der Waals surface area contributed by atoms with Crippen molar-refractivity contribution in [2.24, 2.45) is 0 Å². The highest BCUT2D eigenvalue weighted by atomic mass is 19.3. The van der Waals surface area contributed by atoms with E-state index in [-0.39, 0.29) is 5.56 Å². The third-order valence-corrected chi connectivity index (χ3v) is 4.64. The molecule has 0 aliphatic heterocycles. The first-order valence-electron chi connectivity index (χ1n) is 11.0. The summed E-state index contributed by atoms with van der Waals surface area (Å²) in [7, 11) is 0. The predicted octanol–water partition coefficient (Wildman–Crippen LogP) is 7.68. The maximum Gasteiger partial charge on any atom is 0.495 e. The predicted molar refractivity (Wildman–Crippen MR) is 120 cm³/mol. The smallest absolute Gasteiger partial charge is 0.368 e. The van der Waals surface area contributed by atoms with Crippen molar-refractivity contribution in [3.63, 3.8) is 0 Å². The van der Waals surface area contributed by atoms with Gasteiger partial charge in [-0.25, -0.2) is 14.2 Å². The molecule has 0 aromatic heterocycles. The van der Waals surface area contributed by atoms with E-state index >= 15 is 0 Å². The van der Waals surface area contributed by atoms with Crippen molar-refractivity contribution < 1.29 is 67.6 Å². The van der Waals surface area contributed by atoms with Crippen molar-refractivity contribution in [2.75, 3.05) is 13.2 Å². The SMILES string of the molecule is C=Cc1ccc(COCC(F)(F)OC(F)(F)OC(F)(F)C(F)(F)OC(F)(F)COCc2ccc(C=C)cc2)cc1. The molecule has 0 saturated carbocycles. The molecular weight excluding hydrogens is 570 g/mol. The minimum absolute atomic E-state index is 0.272. The Labute approximate surface area is 221 Å². The Morgan fingerprint density at radius 3 is 1.25 bits per heavy atom. The number of alkyl halides is 10. The Balaban J connectivity index is 1.90. The number of benzene rings is 2. The van der Waals surface area contributed by atoms with Crippen LogP contribution in [0.2, 0.25) is 0 Å². The molecule has 2 aromatic rings. The molecule has 0 bridgehead atoms. The minimum Gasteiger partial charge on any atom is -0.368 e. The molecule has 15 heteroatoms. The molecule has 2 aromatic carbocycles. The second-order valence-corrected chi connectivity index (χ2v) is 7.95. The van der Waals surface area contributed by atoms with Crippen LogP contribution in [0, 0.1) is 0 Å². The summed E-state index contributed by atoms with van der Waals surface area (Å²) in [4.78, 5) is 0. The quantitative estimate of drug-likeness (QED) is 0.139. The number of halogens is 10. The number of ether oxygens (including phenoxy) is 5. The van der Waals surface area contributed by atoms with E-state index in [1.165, 1.54) is 60.7 Å². The molecule has 0 aliphatic rings. The van der Waals surface area contributed by atoms with Crippen LogP contribution in [0.1, 0.15) is 22.3 Å². The van der Waals surface area contributed by atoms with Crippen molar-refractivity contribution in [1.82, 2.24) is 0 Å². The van der Waals surface area contributed by atoms with Gasteiger partial charge in [0.1, 0.15) is 13.2 Å². The topological polar surface area (TPSA) is 46.2 Å². The van der Waals surface area contributed by atoms with Crippen LogP contribution in [0.4, 0.5) is 43.9 Å². The fourth-order valence-corrected chi connectivity index (χ4v) is 2.78. The van der Waals surface area contributed by atoms with Gasteiger partial charge in [-0.2, -0.15) is 35.1 Å². The monoisotopic (exact) mass is 592 g/mol. The fraction of sp³-hybridized carbons (Fsp3) is 0.360. The van der Waals surface area contributed by atoms with Gasteiger partial charge >= 0.3 is 30.7 Å². The lowest BCUT2D eigenvalue weighted by molar-refractivity contribution is -0.566. The second kappa shape index (κ2) is 13.1. The van der Waals surface area contributed by atoms with E-state index in [0.29, 0.717) is 16.7 Å². The standard InChI is InChI=1S/C25H22F10O5/c1-3-17-5-9-19(10-6-17)13-36-15-21(26,27)38-23(30,31)24(32,33)40-25(34,35)39-22(28,29)16-37-14-20-11-7-18(4-2)8-12-20/h3-12H,1-2,13-16H2. The van der Waals surface area contributed by atoms with Gasteiger partial charge in [0.05, 0.1) is 13.2 Å². The molecular formula is C25H22F10O5. The van der Waals surface area contributed by atoms with Crippen LogP contribution < -0.4 is 0 Å². The van der Waals surface area contributed by atoms with Crippen LogP contribution >= 0.6 is 0 Å². The Hall–Kier alpha value is -2.98. The van der Waals surface area contributed by atoms with Crippen LogP contribution in [0.15, 0.2) is 61.7 Å². The van der Waals surface area contributed by atoms with Crippen LogP contribution in [0.3, 0.4) is 0 Å². The van der Waals surface area contributed by atoms with Gasteiger partial charge in [0, 0.05) is 0 Å². The molecule has 5 nitrogen and oxygen atoms in total. The maximum atomic E-state index is 13.7. The van der Waals surface area contributed by atoms with Gasteiger partial charge in [-0.05, 0) is 22.3 Å². The highest BCUT2D eigenvalue weighted by molar-refractivity contribution is 5.47. The summed E-state index contributed by atoms with van der Waals surface area (Å²) in [5, 5.41) is 0. The molecule has 0 saturated heterocycles. The molecule has 2 rings (SSSR count). The van der Waals surface area contributed by atoms with Gasteiger partial charge in [0.15, 0.2) is 0 Å². The van der Waals surface area contributed by atoms with Gasteiger partial charge in [-0.3, -0.25) is 0 Å². The molecule has 40 heavy (non-hydrogen) atoms. The lowest BCUT2D eigenvalue weighted by Crippen LogP contribution is -2.54. The third kappa shape index (κ3) is 10.5. The largest absolute Gasteiger partial charge is 0.495 e. The Kier molecular flexibility index (Phi) is 10.9. The highest BCUT2D eigenvalue weighted by Gasteiger charge is 2.68. The average Bonchev–Trinajstić information content (AvgIpc) is 2.82. The van der Waals surface area contributed by atoms with Crippen LogP contribution in [0.5, 0.6) is 0 Å². The molecule has 0 N–H and O–H groups in total. The van der Waals surface area contributed by atoms with Crippen molar-refractivity contribution in [2.45, 2.75) is 43.9 Å². The molecule has 0 heterocycles. The van der Waals surface area contributed by atoms with Crippen LogP contribution in [0.25, 0.3) is 12.2 Å². The molecule has 0 unspecified atom stereocenters. The zero-order valence-corrected chi connectivity index (χ0v) is 20.3. The number of hydrogen-bond donors (Lipinski definition) is 0. The maximum absolute atomic E-state index is 13.7. The van der Waals surface area contributed by atoms with E-state index < -0.39 is 57.2 Å². The highest BCUT2D eigenvalue weighted by Crippen LogP contribution is 2.44. The average molecular weight is 592 g/mol. The Morgan fingerprint density at radius 1 is 0.525 bits per heavy atom. The molecule has 0 fully saturated rings. The van der Waals surface area contributed by atoms with E-state index in [4.69, 9.17) is 0 Å². The number of hydrogen-bond acceptors (Lipinski definition) is 5. The van der Waals surface area contributed by atoms with Crippen LogP contribution in [-0.2, 0) is 36.9 Å². The zero-order valence-electron chi connectivity index (χ0n) is 20.3. The zero-order chi connectivity index (χ0) is 30.2. The Morgan fingerprint density at radius 2 is 0.875 bits per heavy atom. The van der Waals surface area contributed by atoms with Gasteiger partial charge < -0.3 is 9.47 Å². The molecule has 0 spiro atoms. The first kappa shape index (κ1) is 33.2. The molecule has 222 valence electrons. The van der Waals surface area contributed by atoms with Crippen molar-refractivity contribution in [3.8, 4) is 0 Å². The molecule has 0 radical (unpaired) electrons. The van der Waals surface area contributed by atoms with E-state index in [0.717, 1.165) is 0 Å². The first-order valence-corrected chi connectivity index (χ1v) is 11.0. The first-order chi connectivity index (χ1) is 18.4. The summed E-state index contributed by atoms with van der Waals surface area (Å²) in [5.41, 5.74) is 1.88. The molecule has 0 amide bonds. The van der Waals surface area contributed by atoms with Gasteiger partial charge in [-0.15, -0.1) is 8.78 Å². The lowest BCUT2D eigenvalue weighted by atomic mass is 10.1. The normalized spacial score (nSPS) is 13.3. The van der Waals surface area contributed by atoms with E-state index in [9.17, 15) is 43.9 Å². The molecule has 0 aliphatic carbocycles. The van der Waals surface area contributed by atoms with E-state index in [1.807, 2.05) is 0 Å². The van der Waals surface area contributed by atoms with Crippen molar-refractivity contribution in [3.05, 3.63) is 83.9 Å². The summed E-state index contributed by atoms with van der Waals surface area (Å²) in [6.45, 7) is 1.85. The van der Waals surface area contributed by atoms with E-state index in [2.05, 4.69) is 36.8 Å². The summed E-state index contributed by atoms with van der Waals surface area (Å²) in [6.07, 6.45) is -26.4. The van der Waals surface area contributed by atoms with E-state index in [1.54, 1.807) is 0 Å². The fourth-order valence-electron chi connectivity index (χ4n) is 2.78. The lowest BCUT2D eigenvalue weighted by Gasteiger charge is -2.31. The van der Waals surface area contributed by atoms with Crippen molar-refractivity contribution >= 4 is 12.2 Å². The summed E-state index contributed by atoms with van der Waals surface area (Å²) in [6, 6.07) is 11.7. The Bertz CT molecular complexity index is 1110. The van der Waals surface area contributed by atoms with Crippen LogP contribution in [-0.4, -0.2) is 43.9 Å². The second-order valence-electron chi connectivity index (χ2n) is 7.95. The third-order valence-electron chi connectivity index (χ3n) is 4.64. The van der Waals surface area contributed by atoms with Gasteiger partial charge in [0.2, 0.25) is 0 Å². The summed E-state index contributed by atoms with van der Waals surface area (Å²) < 4.78 is 153. The number of rotatable bonds is 17. The van der Waals surface area contributed by atoms with Crippen molar-refractivity contribution in [1.29, 1.82) is 0 Å². The summed E-state index contributed by atoms with van der Waals surface area (Å²) in [5.74, 6) is 0. The molecule has 0 atom stereocenters. The summed E-state index contributed by atoms with van der Waals surface area (Å²) >= 11 is 0.